The van der Waals surface area contributed by atoms with Gasteiger partial charge in [0.1, 0.15) is 11.6 Å². The lowest BCUT2D eigenvalue weighted by molar-refractivity contribution is 0.493. The average Bonchev–Trinajstić information content (AvgIpc) is 2.74. The number of rotatable bonds is 5. The Morgan fingerprint density at radius 1 is 1.30 bits per heavy atom. The van der Waals surface area contributed by atoms with Crippen molar-refractivity contribution < 1.29 is 17.2 Å². The van der Waals surface area contributed by atoms with Crippen molar-refractivity contribution in [3.63, 3.8) is 0 Å². The molecule has 108 valence electrons. The summed E-state index contributed by atoms with van der Waals surface area (Å²) in [5, 5.41) is 3.03. The van der Waals surface area contributed by atoms with Crippen LogP contribution in [0.25, 0.3) is 0 Å². The highest BCUT2D eigenvalue weighted by Crippen LogP contribution is 2.21. The summed E-state index contributed by atoms with van der Waals surface area (Å²) in [5.41, 5.74) is 0.496. The summed E-state index contributed by atoms with van der Waals surface area (Å²) >= 11 is 2.06. The smallest absolute Gasteiger partial charge is 0.229 e. The SMILES string of the molecule is CS(=O)(=O)Nc1cc(NCc2ccc(I)o2)ccc1F. The molecule has 2 N–H and O–H groups in total. The van der Waals surface area contributed by atoms with Crippen LogP contribution < -0.4 is 10.0 Å². The molecule has 1 heterocycles. The molecule has 8 heteroatoms. The molecule has 0 bridgehead atoms. The van der Waals surface area contributed by atoms with E-state index in [-0.39, 0.29) is 5.69 Å². The standard InChI is InChI=1S/C12H12FIN2O3S/c1-20(17,18)16-11-6-8(2-4-10(11)13)15-7-9-3-5-12(14)19-9/h2-6,15-16H,7H2,1H3. The number of furan rings is 1. The van der Waals surface area contributed by atoms with E-state index in [1.807, 2.05) is 12.1 Å². The van der Waals surface area contributed by atoms with Gasteiger partial charge < -0.3 is 9.73 Å². The molecular formula is C12H12FIN2O3S. The van der Waals surface area contributed by atoms with Crippen LogP contribution in [0.3, 0.4) is 0 Å². The number of sulfonamides is 1. The van der Waals surface area contributed by atoms with Gasteiger partial charge in [0.25, 0.3) is 0 Å². The second-order valence-electron chi connectivity index (χ2n) is 4.13. The van der Waals surface area contributed by atoms with E-state index in [0.717, 1.165) is 15.8 Å². The molecule has 0 spiro atoms. The molecule has 0 radical (unpaired) electrons. The molecule has 0 amide bonds. The van der Waals surface area contributed by atoms with Gasteiger partial charge in [-0.2, -0.15) is 0 Å². The minimum Gasteiger partial charge on any atom is -0.454 e. The fourth-order valence-electron chi connectivity index (χ4n) is 1.55. The van der Waals surface area contributed by atoms with Crippen LogP contribution in [0.5, 0.6) is 0 Å². The van der Waals surface area contributed by atoms with Crippen molar-refractivity contribution in [1.29, 1.82) is 0 Å². The Labute approximate surface area is 129 Å². The zero-order chi connectivity index (χ0) is 14.8. The first-order valence-electron chi connectivity index (χ1n) is 5.59. The lowest BCUT2D eigenvalue weighted by Crippen LogP contribution is -2.11. The van der Waals surface area contributed by atoms with Crippen LogP contribution in [-0.2, 0) is 16.6 Å². The third kappa shape index (κ3) is 4.37. The molecule has 0 fully saturated rings. The van der Waals surface area contributed by atoms with Crippen molar-refractivity contribution in [2.24, 2.45) is 0 Å². The number of anilines is 2. The maximum Gasteiger partial charge on any atom is 0.229 e. The van der Waals surface area contributed by atoms with Crippen LogP contribution in [-0.4, -0.2) is 14.7 Å². The fraction of sp³-hybridized carbons (Fsp3) is 0.167. The quantitative estimate of drug-likeness (QED) is 0.744. The molecule has 0 unspecified atom stereocenters. The predicted molar refractivity (Wildman–Crippen MR) is 83.6 cm³/mol. The third-order valence-corrected chi connectivity index (χ3v) is 3.53. The van der Waals surface area contributed by atoms with Crippen molar-refractivity contribution in [2.75, 3.05) is 16.3 Å². The molecular weight excluding hydrogens is 398 g/mol. The van der Waals surface area contributed by atoms with Gasteiger partial charge in [-0.25, -0.2) is 12.8 Å². The molecule has 1 aromatic carbocycles. The van der Waals surface area contributed by atoms with Gasteiger partial charge in [0.15, 0.2) is 3.77 Å². The van der Waals surface area contributed by atoms with Crippen molar-refractivity contribution >= 4 is 44.0 Å². The van der Waals surface area contributed by atoms with Crippen LogP contribution >= 0.6 is 22.6 Å². The van der Waals surface area contributed by atoms with Gasteiger partial charge in [-0.05, 0) is 52.9 Å². The average molecular weight is 410 g/mol. The first-order valence-corrected chi connectivity index (χ1v) is 8.56. The summed E-state index contributed by atoms with van der Waals surface area (Å²) in [6, 6.07) is 7.77. The molecule has 1 aromatic heterocycles. The first-order chi connectivity index (χ1) is 9.33. The zero-order valence-corrected chi connectivity index (χ0v) is 13.5. The lowest BCUT2D eigenvalue weighted by atomic mass is 10.2. The minimum absolute atomic E-state index is 0.0912. The van der Waals surface area contributed by atoms with E-state index in [4.69, 9.17) is 4.42 Å². The van der Waals surface area contributed by atoms with Crippen LogP contribution in [0.4, 0.5) is 15.8 Å². The number of benzene rings is 1. The van der Waals surface area contributed by atoms with Crippen molar-refractivity contribution in [1.82, 2.24) is 0 Å². The van der Waals surface area contributed by atoms with E-state index in [9.17, 15) is 12.8 Å². The Balaban J connectivity index is 2.11. The van der Waals surface area contributed by atoms with Gasteiger partial charge in [0.05, 0.1) is 18.5 Å². The number of hydrogen-bond acceptors (Lipinski definition) is 4. The maximum absolute atomic E-state index is 13.5. The summed E-state index contributed by atoms with van der Waals surface area (Å²) in [6.07, 6.45) is 0.970. The summed E-state index contributed by atoms with van der Waals surface area (Å²) in [5.74, 6) is 0.102. The van der Waals surface area contributed by atoms with Crippen LogP contribution in [0, 0.1) is 9.58 Å². The molecule has 0 aliphatic heterocycles. The highest BCUT2D eigenvalue weighted by Gasteiger charge is 2.09. The Morgan fingerprint density at radius 2 is 2.05 bits per heavy atom. The van der Waals surface area contributed by atoms with Gasteiger partial charge in [-0.3, -0.25) is 4.72 Å². The molecule has 0 saturated heterocycles. The second-order valence-corrected chi connectivity index (χ2v) is 6.94. The molecule has 0 aliphatic rings. The van der Waals surface area contributed by atoms with E-state index in [1.165, 1.54) is 18.2 Å². The van der Waals surface area contributed by atoms with E-state index in [0.29, 0.717) is 12.2 Å². The number of hydrogen-bond donors (Lipinski definition) is 2. The highest BCUT2D eigenvalue weighted by atomic mass is 127. The van der Waals surface area contributed by atoms with Crippen LogP contribution in [0.2, 0.25) is 0 Å². The molecule has 2 aromatic rings. The summed E-state index contributed by atoms with van der Waals surface area (Å²) in [7, 11) is -3.52. The molecule has 5 nitrogen and oxygen atoms in total. The third-order valence-electron chi connectivity index (χ3n) is 2.36. The normalized spacial score (nSPS) is 11.3. The summed E-state index contributed by atoms with van der Waals surface area (Å²) in [4.78, 5) is 0. The molecule has 0 saturated carbocycles. The van der Waals surface area contributed by atoms with Gasteiger partial charge in [0, 0.05) is 5.69 Å². The van der Waals surface area contributed by atoms with E-state index in [1.54, 1.807) is 0 Å². The molecule has 20 heavy (non-hydrogen) atoms. The summed E-state index contributed by atoms with van der Waals surface area (Å²) < 4.78 is 44.0. The molecule has 0 atom stereocenters. The maximum atomic E-state index is 13.5. The minimum atomic E-state index is -3.52. The Morgan fingerprint density at radius 3 is 2.65 bits per heavy atom. The Hall–Kier alpha value is -1.29. The first kappa shape index (κ1) is 15.1. The fourth-order valence-corrected chi connectivity index (χ4v) is 2.57. The van der Waals surface area contributed by atoms with Crippen LogP contribution in [0.1, 0.15) is 5.76 Å². The van der Waals surface area contributed by atoms with Crippen molar-refractivity contribution in [3.05, 3.63) is 45.7 Å². The Bertz CT molecular complexity index is 715. The van der Waals surface area contributed by atoms with Crippen molar-refractivity contribution in [3.8, 4) is 0 Å². The number of halogens is 2. The zero-order valence-electron chi connectivity index (χ0n) is 10.5. The second kappa shape index (κ2) is 6.00. The van der Waals surface area contributed by atoms with Gasteiger partial charge >= 0.3 is 0 Å². The van der Waals surface area contributed by atoms with E-state index < -0.39 is 15.8 Å². The largest absolute Gasteiger partial charge is 0.454 e. The topological polar surface area (TPSA) is 71.3 Å². The lowest BCUT2D eigenvalue weighted by Gasteiger charge is -2.09. The van der Waals surface area contributed by atoms with Crippen LogP contribution in [0.15, 0.2) is 34.7 Å². The summed E-state index contributed by atoms with van der Waals surface area (Å²) in [6.45, 7) is 0.424. The van der Waals surface area contributed by atoms with E-state index in [2.05, 4.69) is 32.6 Å². The van der Waals surface area contributed by atoms with Gasteiger partial charge in [-0.1, -0.05) is 0 Å². The Kier molecular flexibility index (Phi) is 4.53. The highest BCUT2D eigenvalue weighted by molar-refractivity contribution is 14.1. The van der Waals surface area contributed by atoms with Gasteiger partial charge in [-0.15, -0.1) is 0 Å². The van der Waals surface area contributed by atoms with Gasteiger partial charge in [0.2, 0.25) is 10.0 Å². The number of nitrogens with one attached hydrogen (secondary N) is 2. The molecule has 0 aliphatic carbocycles. The van der Waals surface area contributed by atoms with E-state index >= 15 is 0 Å². The monoisotopic (exact) mass is 410 g/mol. The molecule has 2 rings (SSSR count). The predicted octanol–water partition coefficient (Wildman–Crippen LogP) is 3.01. The van der Waals surface area contributed by atoms with Crippen molar-refractivity contribution in [2.45, 2.75) is 6.54 Å².